The Balaban J connectivity index is 2.90. The number of hydrogen-bond donors (Lipinski definition) is 2. The van der Waals surface area contributed by atoms with Crippen LogP contribution in [0.15, 0.2) is 10.7 Å². The zero-order chi connectivity index (χ0) is 12.1. The fourth-order valence-corrected chi connectivity index (χ4v) is 1.52. The quantitative estimate of drug-likeness (QED) is 0.789. The molecular formula is C8H11BrF2N4O. The van der Waals surface area contributed by atoms with E-state index in [1.807, 2.05) is 0 Å². The van der Waals surface area contributed by atoms with Crippen LogP contribution in [0.3, 0.4) is 0 Å². The van der Waals surface area contributed by atoms with Crippen molar-refractivity contribution in [3.8, 4) is 0 Å². The molecule has 0 unspecified atom stereocenters. The van der Waals surface area contributed by atoms with Crippen molar-refractivity contribution in [1.29, 1.82) is 0 Å². The van der Waals surface area contributed by atoms with E-state index in [1.165, 1.54) is 11.0 Å². The van der Waals surface area contributed by atoms with E-state index in [4.69, 9.17) is 10.8 Å². The van der Waals surface area contributed by atoms with Gasteiger partial charge in [0.15, 0.2) is 0 Å². The van der Waals surface area contributed by atoms with Gasteiger partial charge in [-0.15, -0.1) is 0 Å². The topological polar surface area (TPSA) is 75.3 Å². The summed E-state index contributed by atoms with van der Waals surface area (Å²) in [6.07, 6.45) is -2.53. The van der Waals surface area contributed by atoms with Gasteiger partial charge in [-0.25, -0.2) is 13.8 Å². The predicted octanol–water partition coefficient (Wildman–Crippen LogP) is 0.885. The van der Waals surface area contributed by atoms with E-state index in [9.17, 15) is 8.78 Å². The number of nitrogens with zero attached hydrogens (tertiary/aromatic N) is 3. The van der Waals surface area contributed by atoms with Gasteiger partial charge in [-0.2, -0.15) is 4.98 Å². The van der Waals surface area contributed by atoms with Gasteiger partial charge in [0.25, 0.3) is 6.43 Å². The smallest absolute Gasteiger partial charge is 0.255 e. The van der Waals surface area contributed by atoms with E-state index >= 15 is 0 Å². The lowest BCUT2D eigenvalue weighted by Crippen LogP contribution is -2.33. The molecule has 1 aromatic rings. The third-order valence-electron chi connectivity index (χ3n) is 1.71. The summed E-state index contributed by atoms with van der Waals surface area (Å²) in [5.41, 5.74) is 5.47. The first-order valence-corrected chi connectivity index (χ1v) is 5.26. The predicted molar refractivity (Wildman–Crippen MR) is 59.4 cm³/mol. The molecule has 0 fully saturated rings. The second-order valence-electron chi connectivity index (χ2n) is 2.98. The van der Waals surface area contributed by atoms with Crippen molar-refractivity contribution in [2.45, 2.75) is 6.43 Å². The summed E-state index contributed by atoms with van der Waals surface area (Å²) < 4.78 is 25.0. The first-order chi connectivity index (χ1) is 7.52. The zero-order valence-electron chi connectivity index (χ0n) is 8.28. The Labute approximate surface area is 99.4 Å². The number of anilines is 2. The lowest BCUT2D eigenvalue weighted by Gasteiger charge is -2.21. The van der Waals surface area contributed by atoms with Gasteiger partial charge in [-0.3, -0.25) is 0 Å². The number of nitrogens with two attached hydrogens (primary N) is 1. The molecule has 0 aliphatic rings. The number of aliphatic hydroxyl groups is 1. The summed E-state index contributed by atoms with van der Waals surface area (Å²) in [5, 5.41) is 8.76. The maximum atomic E-state index is 12.3. The van der Waals surface area contributed by atoms with Crippen molar-refractivity contribution >= 4 is 27.7 Å². The van der Waals surface area contributed by atoms with Gasteiger partial charge in [0, 0.05) is 12.6 Å². The van der Waals surface area contributed by atoms with Gasteiger partial charge in [0.1, 0.15) is 10.4 Å². The maximum absolute atomic E-state index is 12.3. The summed E-state index contributed by atoms with van der Waals surface area (Å²) in [7, 11) is 0. The van der Waals surface area contributed by atoms with Crippen molar-refractivity contribution in [1.82, 2.24) is 9.97 Å². The average molecular weight is 297 g/mol. The van der Waals surface area contributed by atoms with Gasteiger partial charge < -0.3 is 15.7 Å². The standard InChI is InChI=1S/C8H11BrF2N4O/c9-5-3-7(12)14-8(13-5)15(1-2-16)4-6(10)11/h3,6,16H,1-2,4H2,(H2,12,13,14). The second kappa shape index (κ2) is 5.90. The molecule has 16 heavy (non-hydrogen) atoms. The normalized spacial score (nSPS) is 10.8. The van der Waals surface area contributed by atoms with Crippen LogP contribution < -0.4 is 10.6 Å². The van der Waals surface area contributed by atoms with E-state index in [2.05, 4.69) is 25.9 Å². The molecule has 0 aromatic carbocycles. The molecule has 5 nitrogen and oxygen atoms in total. The Kier molecular flexibility index (Phi) is 4.81. The largest absolute Gasteiger partial charge is 0.395 e. The molecule has 0 saturated carbocycles. The Hall–Kier alpha value is -1.02. The van der Waals surface area contributed by atoms with Crippen molar-refractivity contribution in [2.24, 2.45) is 0 Å². The number of rotatable bonds is 5. The molecule has 8 heteroatoms. The molecule has 0 saturated heterocycles. The lowest BCUT2D eigenvalue weighted by molar-refractivity contribution is 0.152. The molecule has 0 radical (unpaired) electrons. The molecular weight excluding hydrogens is 286 g/mol. The molecule has 0 atom stereocenters. The van der Waals surface area contributed by atoms with Crippen molar-refractivity contribution in [3.05, 3.63) is 10.7 Å². The molecule has 3 N–H and O–H groups in total. The minimum absolute atomic E-state index is 0.0280. The molecule has 0 bridgehead atoms. The van der Waals surface area contributed by atoms with E-state index in [-0.39, 0.29) is 24.9 Å². The third-order valence-corrected chi connectivity index (χ3v) is 2.12. The number of aliphatic hydroxyl groups excluding tert-OH is 1. The lowest BCUT2D eigenvalue weighted by atomic mass is 10.5. The number of alkyl halides is 2. The third kappa shape index (κ3) is 3.86. The summed E-state index contributed by atoms with van der Waals surface area (Å²) in [5.74, 6) is 0.246. The molecule has 0 spiro atoms. The van der Waals surface area contributed by atoms with Crippen LogP contribution in [0.1, 0.15) is 0 Å². The Morgan fingerprint density at radius 2 is 2.19 bits per heavy atom. The zero-order valence-corrected chi connectivity index (χ0v) is 9.86. The van der Waals surface area contributed by atoms with E-state index in [0.29, 0.717) is 4.60 Å². The van der Waals surface area contributed by atoms with Crippen LogP contribution in [0.4, 0.5) is 20.5 Å². The summed E-state index contributed by atoms with van der Waals surface area (Å²) in [6, 6.07) is 1.46. The maximum Gasteiger partial charge on any atom is 0.255 e. The SMILES string of the molecule is Nc1cc(Br)nc(N(CCO)CC(F)F)n1. The minimum atomic E-state index is -2.53. The molecule has 0 amide bonds. The number of nitrogen functional groups attached to an aromatic ring is 1. The van der Waals surface area contributed by atoms with Crippen LogP contribution in [0.2, 0.25) is 0 Å². The Morgan fingerprint density at radius 1 is 1.50 bits per heavy atom. The molecule has 0 aliphatic carbocycles. The highest BCUT2D eigenvalue weighted by molar-refractivity contribution is 9.10. The highest BCUT2D eigenvalue weighted by Gasteiger charge is 2.15. The fourth-order valence-electron chi connectivity index (χ4n) is 1.12. The summed E-state index contributed by atoms with van der Waals surface area (Å²) in [4.78, 5) is 8.91. The van der Waals surface area contributed by atoms with Gasteiger partial charge >= 0.3 is 0 Å². The highest BCUT2D eigenvalue weighted by Crippen LogP contribution is 2.16. The van der Waals surface area contributed by atoms with E-state index in [1.54, 1.807) is 0 Å². The second-order valence-corrected chi connectivity index (χ2v) is 3.79. The first-order valence-electron chi connectivity index (χ1n) is 4.47. The Morgan fingerprint density at radius 3 is 2.69 bits per heavy atom. The summed E-state index contributed by atoms with van der Waals surface area (Å²) in [6.45, 7) is -0.779. The van der Waals surface area contributed by atoms with Crippen LogP contribution in [-0.4, -0.2) is 41.2 Å². The fraction of sp³-hybridized carbons (Fsp3) is 0.500. The highest BCUT2D eigenvalue weighted by atomic mass is 79.9. The van der Waals surface area contributed by atoms with Crippen LogP contribution in [-0.2, 0) is 0 Å². The average Bonchev–Trinajstić information content (AvgIpc) is 2.14. The number of hydrogen-bond acceptors (Lipinski definition) is 5. The van der Waals surface area contributed by atoms with E-state index < -0.39 is 13.0 Å². The van der Waals surface area contributed by atoms with Crippen LogP contribution >= 0.6 is 15.9 Å². The number of aromatic nitrogens is 2. The van der Waals surface area contributed by atoms with Crippen LogP contribution in [0.5, 0.6) is 0 Å². The minimum Gasteiger partial charge on any atom is -0.395 e. The van der Waals surface area contributed by atoms with Crippen molar-refractivity contribution in [2.75, 3.05) is 30.3 Å². The first kappa shape index (κ1) is 13.0. The van der Waals surface area contributed by atoms with Crippen LogP contribution in [0.25, 0.3) is 0 Å². The molecule has 90 valence electrons. The van der Waals surface area contributed by atoms with E-state index in [0.717, 1.165) is 0 Å². The van der Waals surface area contributed by atoms with Crippen molar-refractivity contribution in [3.63, 3.8) is 0 Å². The van der Waals surface area contributed by atoms with Gasteiger partial charge in [0.2, 0.25) is 5.95 Å². The molecule has 1 heterocycles. The van der Waals surface area contributed by atoms with Gasteiger partial charge in [-0.05, 0) is 15.9 Å². The van der Waals surface area contributed by atoms with Crippen molar-refractivity contribution < 1.29 is 13.9 Å². The molecule has 1 rings (SSSR count). The van der Waals surface area contributed by atoms with Gasteiger partial charge in [0.05, 0.1) is 13.2 Å². The molecule has 1 aromatic heterocycles. The van der Waals surface area contributed by atoms with Gasteiger partial charge in [-0.1, -0.05) is 0 Å². The van der Waals surface area contributed by atoms with Crippen LogP contribution in [0, 0.1) is 0 Å². The monoisotopic (exact) mass is 296 g/mol. The number of halogens is 3. The summed E-state index contributed by atoms with van der Waals surface area (Å²) >= 11 is 3.09. The Bertz CT molecular complexity index is 333. The molecule has 0 aliphatic heterocycles.